The number of carbonyl (C=O) groups is 1. The molecular weight excluding hydrogens is 304 g/mol. The lowest BCUT2D eigenvalue weighted by Crippen LogP contribution is -2.69. The number of benzene rings is 1. The normalized spacial score (nSPS) is 33.0. The molecule has 1 aliphatic carbocycles. The van der Waals surface area contributed by atoms with Gasteiger partial charge >= 0.3 is 0 Å². The fourth-order valence-corrected chi connectivity index (χ4v) is 4.91. The summed E-state index contributed by atoms with van der Waals surface area (Å²) in [6.45, 7) is 2.49. The SMILES string of the molecule is O=C1C[C@H]2[C@@H](N3CCCC3)CC[C@@H](N1Cc1ccccc1)C2(O)O. The molecule has 1 aromatic carbocycles. The zero-order valence-electron chi connectivity index (χ0n) is 14.0. The van der Waals surface area contributed by atoms with Crippen LogP contribution in [-0.4, -0.2) is 56.9 Å². The minimum atomic E-state index is -1.78. The maximum absolute atomic E-state index is 12.7. The number of nitrogens with zero attached hydrogens (tertiary/aromatic N) is 2. The van der Waals surface area contributed by atoms with Gasteiger partial charge in [-0.2, -0.15) is 0 Å². The van der Waals surface area contributed by atoms with E-state index in [1.807, 2.05) is 30.3 Å². The van der Waals surface area contributed by atoms with E-state index in [-0.39, 0.29) is 24.3 Å². The largest absolute Gasteiger partial charge is 0.364 e. The molecule has 3 fully saturated rings. The first-order valence-electron chi connectivity index (χ1n) is 9.09. The molecule has 0 aromatic heterocycles. The summed E-state index contributed by atoms with van der Waals surface area (Å²) in [5.74, 6) is -2.10. The second-order valence-corrected chi connectivity index (χ2v) is 7.50. The van der Waals surface area contributed by atoms with E-state index in [0.717, 1.165) is 25.1 Å². The van der Waals surface area contributed by atoms with Crippen LogP contribution < -0.4 is 0 Å². The zero-order valence-corrected chi connectivity index (χ0v) is 14.0. The van der Waals surface area contributed by atoms with Crippen molar-refractivity contribution >= 4 is 5.91 Å². The van der Waals surface area contributed by atoms with E-state index in [9.17, 15) is 15.0 Å². The van der Waals surface area contributed by atoms with Gasteiger partial charge in [0.15, 0.2) is 5.79 Å². The van der Waals surface area contributed by atoms with E-state index in [4.69, 9.17) is 0 Å². The van der Waals surface area contributed by atoms with Gasteiger partial charge in [0.2, 0.25) is 5.91 Å². The molecule has 3 aliphatic rings. The van der Waals surface area contributed by atoms with Gasteiger partial charge in [-0.15, -0.1) is 0 Å². The molecule has 2 heterocycles. The molecule has 1 saturated carbocycles. The van der Waals surface area contributed by atoms with E-state index >= 15 is 0 Å². The lowest BCUT2D eigenvalue weighted by Gasteiger charge is -2.55. The third kappa shape index (κ3) is 2.65. The van der Waals surface area contributed by atoms with Crippen LogP contribution in [0.5, 0.6) is 0 Å². The average Bonchev–Trinajstić information content (AvgIpc) is 3.08. The Bertz CT molecular complexity index is 598. The van der Waals surface area contributed by atoms with Crippen LogP contribution in [0.3, 0.4) is 0 Å². The monoisotopic (exact) mass is 330 g/mol. The molecule has 1 aromatic rings. The van der Waals surface area contributed by atoms with Gasteiger partial charge < -0.3 is 15.1 Å². The summed E-state index contributed by atoms with van der Waals surface area (Å²) in [6.07, 6.45) is 4.17. The summed E-state index contributed by atoms with van der Waals surface area (Å²) in [5.41, 5.74) is 1.03. The Morgan fingerprint density at radius 2 is 1.79 bits per heavy atom. The number of hydrogen-bond donors (Lipinski definition) is 2. The van der Waals surface area contributed by atoms with Crippen LogP contribution in [-0.2, 0) is 11.3 Å². The second kappa shape index (κ2) is 6.14. The number of piperidine rings is 1. The Kier molecular flexibility index (Phi) is 4.11. The number of rotatable bonds is 3. The molecule has 24 heavy (non-hydrogen) atoms. The van der Waals surface area contributed by atoms with Gasteiger partial charge in [0.25, 0.3) is 0 Å². The number of aliphatic hydroxyl groups is 2. The van der Waals surface area contributed by atoms with Gasteiger partial charge in [0.1, 0.15) is 0 Å². The number of likely N-dealkylation sites (tertiary alicyclic amines) is 2. The molecule has 2 N–H and O–H groups in total. The van der Waals surface area contributed by atoms with Gasteiger partial charge in [-0.05, 0) is 44.3 Å². The third-order valence-electron chi connectivity index (χ3n) is 6.13. The molecule has 4 rings (SSSR count). The minimum Gasteiger partial charge on any atom is -0.364 e. The highest BCUT2D eigenvalue weighted by atomic mass is 16.5. The van der Waals surface area contributed by atoms with Gasteiger partial charge in [-0.3, -0.25) is 9.69 Å². The first-order valence-corrected chi connectivity index (χ1v) is 9.09. The number of hydrogen-bond acceptors (Lipinski definition) is 4. The average molecular weight is 330 g/mol. The first kappa shape index (κ1) is 16.1. The fourth-order valence-electron chi connectivity index (χ4n) is 4.91. The van der Waals surface area contributed by atoms with E-state index < -0.39 is 11.8 Å². The standard InChI is InChI=1S/C19H26N2O3/c22-18-12-15-16(20-10-4-5-11-20)8-9-17(19(15,23)24)21(18)13-14-6-2-1-3-7-14/h1-3,6-7,15-17,23-24H,4-5,8-13H2/t15-,16-,17+/m0/s1. The number of fused-ring (bicyclic) bond motifs is 2. The lowest BCUT2D eigenvalue weighted by atomic mass is 9.70. The van der Waals surface area contributed by atoms with Crippen molar-refractivity contribution in [2.45, 2.75) is 56.5 Å². The Labute approximate surface area is 142 Å². The molecule has 2 aliphatic heterocycles. The molecule has 0 spiro atoms. The summed E-state index contributed by atoms with van der Waals surface area (Å²) < 4.78 is 0. The van der Waals surface area contributed by atoms with Crippen molar-refractivity contribution < 1.29 is 15.0 Å². The molecule has 0 radical (unpaired) electrons. The molecule has 130 valence electrons. The topological polar surface area (TPSA) is 64.0 Å². The van der Waals surface area contributed by atoms with Gasteiger partial charge in [-0.1, -0.05) is 30.3 Å². The summed E-state index contributed by atoms with van der Waals surface area (Å²) in [4.78, 5) is 16.8. The van der Waals surface area contributed by atoms with Crippen LogP contribution in [0, 0.1) is 5.92 Å². The van der Waals surface area contributed by atoms with Crippen molar-refractivity contribution in [1.29, 1.82) is 0 Å². The van der Waals surface area contributed by atoms with Crippen LogP contribution >= 0.6 is 0 Å². The Morgan fingerprint density at radius 1 is 1.08 bits per heavy atom. The Morgan fingerprint density at radius 3 is 2.50 bits per heavy atom. The predicted molar refractivity (Wildman–Crippen MR) is 89.9 cm³/mol. The van der Waals surface area contributed by atoms with Crippen molar-refractivity contribution in [2.75, 3.05) is 13.1 Å². The smallest absolute Gasteiger partial charge is 0.223 e. The molecule has 1 amide bonds. The highest BCUT2D eigenvalue weighted by Gasteiger charge is 2.58. The summed E-state index contributed by atoms with van der Waals surface area (Å²) in [5, 5.41) is 21.8. The van der Waals surface area contributed by atoms with Crippen LogP contribution in [0.1, 0.15) is 37.7 Å². The molecular formula is C19H26N2O3. The lowest BCUT2D eigenvalue weighted by molar-refractivity contribution is -0.280. The predicted octanol–water partition coefficient (Wildman–Crippen LogP) is 1.34. The second-order valence-electron chi connectivity index (χ2n) is 7.50. The van der Waals surface area contributed by atoms with E-state index in [1.54, 1.807) is 4.90 Å². The maximum atomic E-state index is 12.7. The van der Waals surface area contributed by atoms with Gasteiger partial charge in [0, 0.05) is 24.9 Å². The molecule has 2 bridgehead atoms. The summed E-state index contributed by atoms with van der Waals surface area (Å²) in [7, 11) is 0. The van der Waals surface area contributed by atoms with Gasteiger partial charge in [0.05, 0.1) is 6.04 Å². The van der Waals surface area contributed by atoms with Crippen molar-refractivity contribution in [1.82, 2.24) is 9.80 Å². The highest BCUT2D eigenvalue weighted by Crippen LogP contribution is 2.44. The van der Waals surface area contributed by atoms with Crippen molar-refractivity contribution in [3.8, 4) is 0 Å². The van der Waals surface area contributed by atoms with Crippen LogP contribution in [0.4, 0.5) is 0 Å². The first-order chi connectivity index (χ1) is 11.6. The minimum absolute atomic E-state index is 0.0523. The Hall–Kier alpha value is -1.43. The summed E-state index contributed by atoms with van der Waals surface area (Å²) in [6, 6.07) is 9.42. The maximum Gasteiger partial charge on any atom is 0.223 e. The molecule has 2 saturated heterocycles. The van der Waals surface area contributed by atoms with Crippen LogP contribution in [0.2, 0.25) is 0 Å². The van der Waals surface area contributed by atoms with E-state index in [0.29, 0.717) is 13.0 Å². The fraction of sp³-hybridized carbons (Fsp3) is 0.632. The van der Waals surface area contributed by atoms with Gasteiger partial charge in [-0.25, -0.2) is 0 Å². The molecule has 0 unspecified atom stereocenters. The van der Waals surface area contributed by atoms with Crippen molar-refractivity contribution in [2.24, 2.45) is 5.92 Å². The molecule has 5 heteroatoms. The molecule has 5 nitrogen and oxygen atoms in total. The van der Waals surface area contributed by atoms with Crippen molar-refractivity contribution in [3.05, 3.63) is 35.9 Å². The third-order valence-corrected chi connectivity index (χ3v) is 6.13. The zero-order chi connectivity index (χ0) is 16.7. The Balaban J connectivity index is 1.57. The molecule has 3 atom stereocenters. The number of amides is 1. The highest BCUT2D eigenvalue weighted by molar-refractivity contribution is 5.78. The van der Waals surface area contributed by atoms with Crippen LogP contribution in [0.15, 0.2) is 30.3 Å². The van der Waals surface area contributed by atoms with E-state index in [1.165, 1.54) is 12.8 Å². The van der Waals surface area contributed by atoms with Crippen LogP contribution in [0.25, 0.3) is 0 Å². The number of carbonyl (C=O) groups excluding carboxylic acids is 1. The van der Waals surface area contributed by atoms with Crippen molar-refractivity contribution in [3.63, 3.8) is 0 Å². The summed E-state index contributed by atoms with van der Waals surface area (Å²) >= 11 is 0. The quantitative estimate of drug-likeness (QED) is 0.821. The van der Waals surface area contributed by atoms with E-state index in [2.05, 4.69) is 4.90 Å².